The summed E-state index contributed by atoms with van der Waals surface area (Å²) in [7, 11) is 0. The lowest BCUT2D eigenvalue weighted by molar-refractivity contribution is -0.384. The monoisotopic (exact) mass is 333 g/mol. The van der Waals surface area contributed by atoms with Crippen LogP contribution >= 0.6 is 0 Å². The molecule has 9 nitrogen and oxygen atoms in total. The third-order valence-corrected chi connectivity index (χ3v) is 3.46. The Balaban J connectivity index is 2.22. The van der Waals surface area contributed by atoms with Crippen molar-refractivity contribution < 1.29 is 20.1 Å². The second-order valence-corrected chi connectivity index (χ2v) is 5.00. The highest BCUT2D eigenvalue weighted by molar-refractivity contribution is 5.61. The first kappa shape index (κ1) is 17.3. The van der Waals surface area contributed by atoms with E-state index in [0.29, 0.717) is 5.56 Å². The SMILES string of the molecule is O=[N+]([O-])c1ccc(C(O)C(CO)Nc2ccccc2[N+](=O)[O-])cc1. The molecule has 2 unspecified atom stereocenters. The minimum Gasteiger partial charge on any atom is -0.394 e. The number of para-hydroxylation sites is 2. The van der Waals surface area contributed by atoms with Gasteiger partial charge in [0.25, 0.3) is 11.4 Å². The zero-order valence-electron chi connectivity index (χ0n) is 12.4. The Kier molecular flexibility index (Phi) is 5.40. The molecule has 0 saturated carbocycles. The quantitative estimate of drug-likeness (QED) is 0.520. The Labute approximate surface area is 136 Å². The van der Waals surface area contributed by atoms with Crippen molar-refractivity contribution in [3.8, 4) is 0 Å². The van der Waals surface area contributed by atoms with Crippen molar-refractivity contribution in [3.05, 3.63) is 74.3 Å². The number of non-ortho nitro benzene ring substituents is 1. The van der Waals surface area contributed by atoms with E-state index in [1.165, 1.54) is 42.5 Å². The molecule has 0 bridgehead atoms. The molecule has 0 saturated heterocycles. The molecule has 2 aromatic carbocycles. The molecule has 0 aliphatic heterocycles. The van der Waals surface area contributed by atoms with Gasteiger partial charge in [0.1, 0.15) is 11.8 Å². The van der Waals surface area contributed by atoms with Gasteiger partial charge in [-0.25, -0.2) is 0 Å². The summed E-state index contributed by atoms with van der Waals surface area (Å²) in [5.74, 6) is 0. The van der Waals surface area contributed by atoms with Gasteiger partial charge in [-0.2, -0.15) is 0 Å². The average Bonchev–Trinajstić information content (AvgIpc) is 2.59. The summed E-state index contributed by atoms with van der Waals surface area (Å²) >= 11 is 0. The maximum Gasteiger partial charge on any atom is 0.292 e. The molecule has 2 atom stereocenters. The summed E-state index contributed by atoms with van der Waals surface area (Å²) in [6.45, 7) is -0.496. The van der Waals surface area contributed by atoms with Crippen molar-refractivity contribution in [1.82, 2.24) is 0 Å². The van der Waals surface area contributed by atoms with Crippen LogP contribution in [0.2, 0.25) is 0 Å². The average molecular weight is 333 g/mol. The number of nitro groups is 2. The number of aliphatic hydroxyl groups excluding tert-OH is 2. The van der Waals surface area contributed by atoms with Gasteiger partial charge in [-0.15, -0.1) is 0 Å². The summed E-state index contributed by atoms with van der Waals surface area (Å²) in [5, 5.41) is 44.2. The van der Waals surface area contributed by atoms with Crippen LogP contribution < -0.4 is 5.32 Å². The molecule has 0 fully saturated rings. The Morgan fingerprint density at radius 2 is 1.62 bits per heavy atom. The second-order valence-electron chi connectivity index (χ2n) is 5.00. The Bertz CT molecular complexity index is 734. The highest BCUT2D eigenvalue weighted by Crippen LogP contribution is 2.27. The summed E-state index contributed by atoms with van der Waals surface area (Å²) in [4.78, 5) is 20.5. The number of rotatable bonds is 7. The first-order valence-corrected chi connectivity index (χ1v) is 6.97. The number of nitrogens with zero attached hydrogens (tertiary/aromatic N) is 2. The fraction of sp³-hybridized carbons (Fsp3) is 0.200. The van der Waals surface area contributed by atoms with Gasteiger partial charge in [0, 0.05) is 18.2 Å². The fourth-order valence-corrected chi connectivity index (χ4v) is 2.20. The van der Waals surface area contributed by atoms with Crippen molar-refractivity contribution >= 4 is 17.1 Å². The van der Waals surface area contributed by atoms with Gasteiger partial charge < -0.3 is 15.5 Å². The Morgan fingerprint density at radius 1 is 1.00 bits per heavy atom. The lowest BCUT2D eigenvalue weighted by Crippen LogP contribution is -2.31. The first-order chi connectivity index (χ1) is 11.4. The lowest BCUT2D eigenvalue weighted by Gasteiger charge is -2.23. The molecular weight excluding hydrogens is 318 g/mol. The van der Waals surface area contributed by atoms with E-state index in [0.717, 1.165) is 0 Å². The maximum absolute atomic E-state index is 11.0. The summed E-state index contributed by atoms with van der Waals surface area (Å²) in [6.07, 6.45) is -1.21. The van der Waals surface area contributed by atoms with Gasteiger partial charge in [-0.05, 0) is 23.8 Å². The second kappa shape index (κ2) is 7.49. The van der Waals surface area contributed by atoms with Crippen LogP contribution in [0.15, 0.2) is 48.5 Å². The minimum atomic E-state index is -1.21. The van der Waals surface area contributed by atoms with Gasteiger partial charge in [0.15, 0.2) is 0 Å². The summed E-state index contributed by atoms with van der Waals surface area (Å²) in [6, 6.07) is 10.1. The van der Waals surface area contributed by atoms with Crippen LogP contribution in [0.4, 0.5) is 17.1 Å². The van der Waals surface area contributed by atoms with Crippen molar-refractivity contribution in [2.24, 2.45) is 0 Å². The summed E-state index contributed by atoms with van der Waals surface area (Å²) in [5.41, 5.74) is 0.179. The van der Waals surface area contributed by atoms with Crippen LogP contribution in [0, 0.1) is 20.2 Å². The molecule has 0 aliphatic carbocycles. The molecule has 2 aromatic rings. The van der Waals surface area contributed by atoms with Crippen LogP contribution in [-0.4, -0.2) is 32.7 Å². The number of aliphatic hydroxyl groups is 2. The van der Waals surface area contributed by atoms with E-state index in [1.54, 1.807) is 6.07 Å². The minimum absolute atomic E-state index is 0.127. The fourth-order valence-electron chi connectivity index (χ4n) is 2.20. The van der Waals surface area contributed by atoms with E-state index in [9.17, 15) is 30.4 Å². The predicted molar refractivity (Wildman–Crippen MR) is 85.6 cm³/mol. The van der Waals surface area contributed by atoms with Crippen LogP contribution in [0.1, 0.15) is 11.7 Å². The molecule has 126 valence electrons. The molecule has 9 heteroatoms. The van der Waals surface area contributed by atoms with E-state index in [4.69, 9.17) is 0 Å². The molecular formula is C15H15N3O6. The largest absolute Gasteiger partial charge is 0.394 e. The zero-order chi connectivity index (χ0) is 17.7. The summed E-state index contributed by atoms with van der Waals surface area (Å²) < 4.78 is 0. The zero-order valence-corrected chi connectivity index (χ0v) is 12.4. The van der Waals surface area contributed by atoms with E-state index >= 15 is 0 Å². The number of anilines is 1. The van der Waals surface area contributed by atoms with E-state index in [2.05, 4.69) is 5.32 Å². The first-order valence-electron chi connectivity index (χ1n) is 6.97. The molecule has 2 rings (SSSR count). The van der Waals surface area contributed by atoms with Gasteiger partial charge in [-0.3, -0.25) is 20.2 Å². The molecule has 0 aromatic heterocycles. The lowest BCUT2D eigenvalue weighted by atomic mass is 10.0. The maximum atomic E-state index is 11.0. The molecule has 0 amide bonds. The Morgan fingerprint density at radius 3 is 2.17 bits per heavy atom. The number of hydrogen-bond donors (Lipinski definition) is 3. The smallest absolute Gasteiger partial charge is 0.292 e. The van der Waals surface area contributed by atoms with Crippen LogP contribution in [0.5, 0.6) is 0 Å². The van der Waals surface area contributed by atoms with Gasteiger partial charge in [-0.1, -0.05) is 12.1 Å². The third-order valence-electron chi connectivity index (χ3n) is 3.46. The van der Waals surface area contributed by atoms with Gasteiger partial charge in [0.2, 0.25) is 0 Å². The number of nitrogens with one attached hydrogen (secondary N) is 1. The predicted octanol–water partition coefficient (Wildman–Crippen LogP) is 2.01. The van der Waals surface area contributed by atoms with Crippen molar-refractivity contribution in [2.45, 2.75) is 12.1 Å². The molecule has 0 spiro atoms. The van der Waals surface area contributed by atoms with E-state index in [1.807, 2.05) is 0 Å². The van der Waals surface area contributed by atoms with Gasteiger partial charge >= 0.3 is 0 Å². The van der Waals surface area contributed by atoms with Gasteiger partial charge in [0.05, 0.1) is 22.5 Å². The van der Waals surface area contributed by atoms with Crippen molar-refractivity contribution in [2.75, 3.05) is 11.9 Å². The van der Waals surface area contributed by atoms with Crippen molar-refractivity contribution in [3.63, 3.8) is 0 Å². The number of hydrogen-bond acceptors (Lipinski definition) is 7. The third kappa shape index (κ3) is 3.83. The number of benzene rings is 2. The van der Waals surface area contributed by atoms with Crippen LogP contribution in [0.25, 0.3) is 0 Å². The van der Waals surface area contributed by atoms with E-state index in [-0.39, 0.29) is 17.1 Å². The molecule has 24 heavy (non-hydrogen) atoms. The Hall–Kier alpha value is -3.04. The number of nitro benzene ring substituents is 2. The van der Waals surface area contributed by atoms with Crippen molar-refractivity contribution in [1.29, 1.82) is 0 Å². The standard InChI is InChI=1S/C15H15N3O6/c19-9-13(16-12-3-1-2-4-14(12)18(23)24)15(20)10-5-7-11(8-6-10)17(21)22/h1-8,13,15-16,19-20H,9H2. The highest BCUT2D eigenvalue weighted by Gasteiger charge is 2.23. The molecule has 0 heterocycles. The molecule has 0 aliphatic rings. The molecule has 3 N–H and O–H groups in total. The van der Waals surface area contributed by atoms with E-state index < -0.39 is 28.6 Å². The highest BCUT2D eigenvalue weighted by atomic mass is 16.6. The van der Waals surface area contributed by atoms with Crippen LogP contribution in [0.3, 0.4) is 0 Å². The van der Waals surface area contributed by atoms with Crippen LogP contribution in [-0.2, 0) is 0 Å². The molecule has 0 radical (unpaired) electrons. The normalized spacial score (nSPS) is 13.1. The topological polar surface area (TPSA) is 139 Å².